The van der Waals surface area contributed by atoms with E-state index in [1.807, 2.05) is 32.9 Å². The predicted molar refractivity (Wildman–Crippen MR) is 168 cm³/mol. The second-order valence-electron chi connectivity index (χ2n) is 12.4. The molecule has 44 heavy (non-hydrogen) atoms. The fraction of sp³-hybridized carbons (Fsp3) is 0.548. The molecule has 2 aliphatic rings. The average molecular weight is 611 g/mol. The molecule has 0 saturated heterocycles. The summed E-state index contributed by atoms with van der Waals surface area (Å²) >= 11 is 0. The molecule has 7 atom stereocenters. The van der Waals surface area contributed by atoms with Gasteiger partial charge in [0.2, 0.25) is 5.91 Å². The van der Waals surface area contributed by atoms with Gasteiger partial charge in [0, 0.05) is 13.1 Å². The van der Waals surface area contributed by atoms with E-state index < -0.39 is 53.7 Å². The molecular weight excluding hydrogens is 567 g/mol. The van der Waals surface area contributed by atoms with Gasteiger partial charge in [0.25, 0.3) is 11.8 Å². The summed E-state index contributed by atoms with van der Waals surface area (Å²) in [5.41, 5.74) is 2.98. The fourth-order valence-electron chi connectivity index (χ4n) is 5.03. The molecule has 7 N–H and O–H groups in total. The van der Waals surface area contributed by atoms with Crippen LogP contribution in [0.25, 0.3) is 0 Å². The highest BCUT2D eigenvalue weighted by Gasteiger charge is 2.47. The van der Waals surface area contributed by atoms with E-state index in [0.717, 1.165) is 29.6 Å². The Kier molecular flexibility index (Phi) is 12.4. The Labute approximate surface area is 261 Å². The number of carbonyl (C=O) groups is 1. The number of hydrogen-bond donors (Lipinski definition) is 7. The van der Waals surface area contributed by atoms with E-state index in [0.29, 0.717) is 5.57 Å². The zero-order valence-corrected chi connectivity index (χ0v) is 26.4. The molecule has 13 heteroatoms. The van der Waals surface area contributed by atoms with Gasteiger partial charge in [-0.3, -0.25) is 4.79 Å². The molecule has 0 bridgehead atoms. The minimum absolute atomic E-state index is 0.0177. The standard InChI is InChI=1S/C27H39BFNO5.C4H5BN2O2/c1-15(10-11-18-17(3)27(6,35)13-12-26(18,4)5)8-7-9-16(2)14-19(31)30-22-23(32)20(28)21(29)24(33)25(22)34;1-7-3(9)2(8)6-4(7)5/h7-11,14,20-25,32-35H,12-13H2,1-6H3,(H,30,31);8-9H,1H3/b9-7+,11-10+,15-8+,16-14+;. The third-order valence-corrected chi connectivity index (χ3v) is 8.33. The van der Waals surface area contributed by atoms with Gasteiger partial charge in [-0.15, -0.1) is 0 Å². The number of nitrogens with zero attached hydrogens (tertiary/aromatic N) is 2. The molecule has 1 heterocycles. The number of amides is 1. The molecule has 0 aliphatic heterocycles. The Hall–Kier alpha value is -3.12. The van der Waals surface area contributed by atoms with Gasteiger partial charge >= 0.3 is 0 Å². The zero-order chi connectivity index (χ0) is 33.7. The van der Waals surface area contributed by atoms with Crippen molar-refractivity contribution < 1.29 is 39.8 Å². The first-order valence-electron chi connectivity index (χ1n) is 14.3. The smallest absolute Gasteiger partial charge is 0.274 e. The van der Waals surface area contributed by atoms with Crippen LogP contribution in [0.3, 0.4) is 0 Å². The van der Waals surface area contributed by atoms with E-state index in [9.17, 15) is 29.6 Å². The summed E-state index contributed by atoms with van der Waals surface area (Å²) < 4.78 is 15.0. The fourth-order valence-corrected chi connectivity index (χ4v) is 5.03. The Balaban J connectivity index is 0.000000639. The first-order valence-corrected chi connectivity index (χ1v) is 14.3. The molecule has 0 aromatic carbocycles. The van der Waals surface area contributed by atoms with Crippen LogP contribution in [0.2, 0.25) is 5.82 Å². The topological polar surface area (TPSA) is 168 Å². The van der Waals surface area contributed by atoms with Gasteiger partial charge in [-0.05, 0) is 68.5 Å². The summed E-state index contributed by atoms with van der Waals surface area (Å²) in [5, 5.41) is 60.3. The third-order valence-electron chi connectivity index (χ3n) is 8.33. The quantitative estimate of drug-likeness (QED) is 0.144. The summed E-state index contributed by atoms with van der Waals surface area (Å²) in [6.45, 7) is 11.9. The molecule has 0 spiro atoms. The van der Waals surface area contributed by atoms with Gasteiger partial charge in [0.1, 0.15) is 18.4 Å². The molecule has 1 saturated carbocycles. The van der Waals surface area contributed by atoms with Crippen LogP contribution in [0.15, 0.2) is 58.7 Å². The van der Waals surface area contributed by atoms with E-state index in [4.69, 9.17) is 25.9 Å². The van der Waals surface area contributed by atoms with Crippen LogP contribution in [0.5, 0.6) is 11.8 Å². The van der Waals surface area contributed by atoms with Crippen LogP contribution < -0.4 is 11.0 Å². The van der Waals surface area contributed by atoms with Crippen molar-refractivity contribution in [2.45, 2.75) is 96.3 Å². The number of carbonyl (C=O) groups excluding carboxylic acids is 1. The Morgan fingerprint density at radius 3 is 2.20 bits per heavy atom. The number of imidazole rings is 1. The first kappa shape index (κ1) is 37.1. The SMILES string of the molecule is [B]C1C(O)C(NC(=O)/C=C(C)/C=C/C=C(C)/C=C/C2=C(C)C(C)(O)CCC2(C)C)C(O)C(O)C1F.[B]c1nc(O)c(O)n1C. The van der Waals surface area contributed by atoms with Gasteiger partial charge in [-0.2, -0.15) is 0 Å². The van der Waals surface area contributed by atoms with Crippen molar-refractivity contribution in [3.05, 3.63) is 58.7 Å². The van der Waals surface area contributed by atoms with Crippen molar-refractivity contribution in [1.82, 2.24) is 14.9 Å². The van der Waals surface area contributed by atoms with Crippen molar-refractivity contribution in [2.75, 3.05) is 0 Å². The van der Waals surface area contributed by atoms with E-state index in [1.54, 1.807) is 19.1 Å². The second kappa shape index (κ2) is 14.8. The van der Waals surface area contributed by atoms with Crippen molar-refractivity contribution in [2.24, 2.45) is 12.5 Å². The Bertz CT molecular complexity index is 1310. The van der Waals surface area contributed by atoms with Crippen LogP contribution in [0, 0.1) is 5.41 Å². The first-order chi connectivity index (χ1) is 20.2. The van der Waals surface area contributed by atoms with Crippen LogP contribution in [0.1, 0.15) is 54.4 Å². The number of aliphatic hydroxyl groups excluding tert-OH is 3. The van der Waals surface area contributed by atoms with Crippen molar-refractivity contribution in [3.8, 4) is 11.8 Å². The average Bonchev–Trinajstić information content (AvgIpc) is 3.16. The number of aliphatic hydroxyl groups is 4. The molecule has 1 amide bonds. The van der Waals surface area contributed by atoms with Crippen LogP contribution >= 0.6 is 0 Å². The van der Waals surface area contributed by atoms with Gasteiger partial charge in [0.15, 0.2) is 7.85 Å². The van der Waals surface area contributed by atoms with Crippen LogP contribution in [-0.2, 0) is 11.8 Å². The van der Waals surface area contributed by atoms with Crippen molar-refractivity contribution >= 4 is 27.3 Å². The minimum atomic E-state index is -1.99. The molecule has 238 valence electrons. The summed E-state index contributed by atoms with van der Waals surface area (Å²) in [7, 11) is 12.2. The second-order valence-corrected chi connectivity index (χ2v) is 12.4. The molecule has 3 rings (SSSR count). The number of aromatic hydroxyl groups is 2. The van der Waals surface area contributed by atoms with Gasteiger partial charge in [0.05, 0.1) is 31.3 Å². The maximum atomic E-state index is 13.8. The van der Waals surface area contributed by atoms with E-state index >= 15 is 0 Å². The predicted octanol–water partition coefficient (Wildman–Crippen LogP) is 1.38. The van der Waals surface area contributed by atoms with Crippen LogP contribution in [-0.4, -0.2) is 97.9 Å². The highest BCUT2D eigenvalue weighted by Crippen LogP contribution is 2.45. The highest BCUT2D eigenvalue weighted by atomic mass is 19.1. The Morgan fingerprint density at radius 2 is 1.68 bits per heavy atom. The lowest BCUT2D eigenvalue weighted by atomic mass is 9.67. The number of aromatic nitrogens is 2. The zero-order valence-electron chi connectivity index (χ0n) is 26.4. The molecule has 4 radical (unpaired) electrons. The summed E-state index contributed by atoms with van der Waals surface area (Å²) in [5.74, 6) is -2.78. The van der Waals surface area contributed by atoms with Gasteiger partial charge in [-0.25, -0.2) is 9.37 Å². The van der Waals surface area contributed by atoms with Crippen molar-refractivity contribution in [1.29, 1.82) is 0 Å². The van der Waals surface area contributed by atoms with Gasteiger partial charge < -0.3 is 40.5 Å². The molecular formula is C31H44B2FN3O7. The Morgan fingerprint density at radius 1 is 1.07 bits per heavy atom. The van der Waals surface area contributed by atoms with E-state index in [-0.39, 0.29) is 17.0 Å². The lowest BCUT2D eigenvalue weighted by Crippen LogP contribution is -2.63. The number of halogens is 1. The number of hydrogen-bond acceptors (Lipinski definition) is 8. The highest BCUT2D eigenvalue weighted by molar-refractivity contribution is 6.29. The molecule has 7 unspecified atom stereocenters. The van der Waals surface area contributed by atoms with Gasteiger partial charge in [-0.1, -0.05) is 49.8 Å². The normalized spacial score (nSPS) is 31.3. The molecule has 10 nitrogen and oxygen atoms in total. The van der Waals surface area contributed by atoms with E-state index in [2.05, 4.69) is 30.2 Å². The van der Waals surface area contributed by atoms with Crippen LogP contribution in [0.4, 0.5) is 4.39 Å². The molecule has 1 aromatic rings. The minimum Gasteiger partial charge on any atom is -0.491 e. The lowest BCUT2D eigenvalue weighted by molar-refractivity contribution is -0.130. The summed E-state index contributed by atoms with van der Waals surface area (Å²) in [6.07, 6.45) is 5.37. The van der Waals surface area contributed by atoms with E-state index in [1.165, 1.54) is 17.7 Å². The van der Waals surface area contributed by atoms with Crippen molar-refractivity contribution in [3.63, 3.8) is 0 Å². The maximum Gasteiger partial charge on any atom is 0.274 e. The summed E-state index contributed by atoms with van der Waals surface area (Å²) in [4.78, 5) is 15.7. The largest absolute Gasteiger partial charge is 0.491 e. The maximum absolute atomic E-state index is 13.8. The third kappa shape index (κ3) is 8.97. The number of nitrogens with one attached hydrogen (secondary N) is 1. The molecule has 2 aliphatic carbocycles. The number of rotatable bonds is 6. The molecule has 1 fully saturated rings. The molecule has 1 aromatic heterocycles. The summed E-state index contributed by atoms with van der Waals surface area (Å²) in [6, 6.07) is -1.29. The number of allylic oxidation sites excluding steroid dienone is 8. The lowest BCUT2D eigenvalue weighted by Gasteiger charge is -2.42. The monoisotopic (exact) mass is 611 g/mol. The number of alkyl halides is 1.